The molecule has 130 valence electrons. The number of rotatable bonds is 2. The number of ketones is 1. The summed E-state index contributed by atoms with van der Waals surface area (Å²) in [5, 5.41) is 0. The van der Waals surface area contributed by atoms with E-state index in [2.05, 4.69) is 20.9 Å². The fraction of sp³-hybridized carbons (Fsp3) is 0.389. The monoisotopic (exact) mass is 407 g/mol. The molecule has 0 N–H and O–H groups in total. The maximum atomic E-state index is 13.7. The molecule has 0 saturated carbocycles. The van der Waals surface area contributed by atoms with Gasteiger partial charge < -0.3 is 9.47 Å². The molecule has 0 aromatic heterocycles. The summed E-state index contributed by atoms with van der Waals surface area (Å²) in [5.74, 6) is -2.08. The molecule has 1 saturated heterocycles. The molecule has 3 aliphatic rings. The van der Waals surface area contributed by atoms with Gasteiger partial charge in [-0.2, -0.15) is 0 Å². The molecule has 0 bridgehead atoms. The molecule has 1 aromatic rings. The van der Waals surface area contributed by atoms with E-state index in [1.807, 2.05) is 6.92 Å². The number of halogens is 2. The van der Waals surface area contributed by atoms with Crippen LogP contribution in [0.15, 0.2) is 38.9 Å². The van der Waals surface area contributed by atoms with E-state index < -0.39 is 29.7 Å². The molecular weight excluding hydrogens is 393 g/mol. The molecular formula is C18H15BrFNO4. The van der Waals surface area contributed by atoms with Crippen LogP contribution in [0.5, 0.6) is 0 Å². The minimum Gasteiger partial charge on any atom is -0.452 e. The van der Waals surface area contributed by atoms with Crippen LogP contribution in [0.1, 0.15) is 24.8 Å². The van der Waals surface area contributed by atoms with Gasteiger partial charge in [0.15, 0.2) is 5.78 Å². The van der Waals surface area contributed by atoms with Crippen molar-refractivity contribution in [3.05, 3.63) is 45.3 Å². The minimum atomic E-state index is -0.576. The molecule has 5 nitrogen and oxygen atoms in total. The summed E-state index contributed by atoms with van der Waals surface area (Å²) in [6.07, 6.45) is 0.181. The normalized spacial score (nSPS) is 28.4. The van der Waals surface area contributed by atoms with Crippen LogP contribution in [0, 0.1) is 11.7 Å². The van der Waals surface area contributed by atoms with Crippen molar-refractivity contribution >= 4 is 33.4 Å². The number of fused-ring (bicyclic) bond motifs is 1. The van der Waals surface area contributed by atoms with Crippen LogP contribution in [0.2, 0.25) is 0 Å². The van der Waals surface area contributed by atoms with Crippen molar-refractivity contribution in [2.24, 2.45) is 10.9 Å². The average molecular weight is 408 g/mol. The van der Waals surface area contributed by atoms with Crippen LogP contribution in [-0.2, 0) is 19.1 Å². The topological polar surface area (TPSA) is 65.0 Å². The van der Waals surface area contributed by atoms with E-state index in [0.29, 0.717) is 29.0 Å². The Morgan fingerprint density at radius 2 is 2.08 bits per heavy atom. The van der Waals surface area contributed by atoms with Gasteiger partial charge in [0.1, 0.15) is 18.5 Å². The summed E-state index contributed by atoms with van der Waals surface area (Å²) < 4.78 is 24.7. The second-order valence-electron chi connectivity index (χ2n) is 6.29. The Morgan fingerprint density at radius 3 is 2.80 bits per heavy atom. The number of nitrogens with zero attached hydrogens (tertiary/aromatic N) is 1. The molecule has 7 heteroatoms. The van der Waals surface area contributed by atoms with Crippen LogP contribution in [0.3, 0.4) is 0 Å². The molecule has 3 aliphatic heterocycles. The van der Waals surface area contributed by atoms with Gasteiger partial charge in [0.25, 0.3) is 0 Å². The number of hydrogen-bond acceptors (Lipinski definition) is 5. The number of carbonyl (C=O) groups is 2. The SMILES string of the molecule is CCC1OC(=O)C2=C1N=C1COCC(=O)C1C2c1ccc(F)c(Br)c1. The highest BCUT2D eigenvalue weighted by molar-refractivity contribution is 9.10. The molecule has 0 spiro atoms. The third-order valence-electron chi connectivity index (χ3n) is 4.83. The van der Waals surface area contributed by atoms with Gasteiger partial charge in [-0.05, 0) is 40.0 Å². The lowest BCUT2D eigenvalue weighted by Gasteiger charge is -2.34. The number of cyclic esters (lactones) is 1. The van der Waals surface area contributed by atoms with E-state index in [1.54, 1.807) is 12.1 Å². The van der Waals surface area contributed by atoms with Gasteiger partial charge in [-0.3, -0.25) is 9.79 Å². The molecule has 1 aromatic carbocycles. The quantitative estimate of drug-likeness (QED) is 0.706. The smallest absolute Gasteiger partial charge is 0.337 e. The largest absolute Gasteiger partial charge is 0.452 e. The van der Waals surface area contributed by atoms with Crippen molar-refractivity contribution in [1.29, 1.82) is 0 Å². The Kier molecular flexibility index (Phi) is 4.08. The van der Waals surface area contributed by atoms with Gasteiger partial charge in [0.2, 0.25) is 0 Å². The second-order valence-corrected chi connectivity index (χ2v) is 7.15. The second kappa shape index (κ2) is 6.14. The predicted octanol–water partition coefficient (Wildman–Crippen LogP) is 2.93. The zero-order chi connectivity index (χ0) is 17.7. The first-order valence-corrected chi connectivity index (χ1v) is 8.88. The van der Waals surface area contributed by atoms with E-state index in [1.165, 1.54) is 6.07 Å². The first-order chi connectivity index (χ1) is 12.0. The maximum absolute atomic E-state index is 13.7. The predicted molar refractivity (Wildman–Crippen MR) is 90.8 cm³/mol. The zero-order valence-electron chi connectivity index (χ0n) is 13.4. The van der Waals surface area contributed by atoms with Gasteiger partial charge in [0.05, 0.1) is 34.0 Å². The van der Waals surface area contributed by atoms with Gasteiger partial charge in [0, 0.05) is 5.92 Å². The molecule has 25 heavy (non-hydrogen) atoms. The summed E-state index contributed by atoms with van der Waals surface area (Å²) in [6.45, 7) is 2.14. The molecule has 4 rings (SSSR count). The lowest BCUT2D eigenvalue weighted by atomic mass is 9.73. The van der Waals surface area contributed by atoms with Gasteiger partial charge >= 0.3 is 5.97 Å². The van der Waals surface area contributed by atoms with E-state index in [9.17, 15) is 14.0 Å². The Hall–Kier alpha value is -1.86. The Balaban J connectivity index is 1.91. The molecule has 3 atom stereocenters. The summed E-state index contributed by atoms with van der Waals surface area (Å²) in [6, 6.07) is 4.54. The molecule has 3 unspecified atom stereocenters. The molecule has 1 fully saturated rings. The number of aliphatic imine (C=N–C) groups is 1. The van der Waals surface area contributed by atoms with Crippen molar-refractivity contribution in [3.8, 4) is 0 Å². The lowest BCUT2D eigenvalue weighted by molar-refractivity contribution is -0.140. The van der Waals surface area contributed by atoms with Crippen LogP contribution < -0.4 is 0 Å². The fourth-order valence-electron chi connectivity index (χ4n) is 3.71. The van der Waals surface area contributed by atoms with E-state index in [-0.39, 0.29) is 23.5 Å². The van der Waals surface area contributed by atoms with Gasteiger partial charge in [-0.15, -0.1) is 0 Å². The number of Topliss-reactive ketones (excluding diaryl/α,β-unsaturated/α-hetero) is 1. The maximum Gasteiger partial charge on any atom is 0.337 e. The van der Waals surface area contributed by atoms with Crippen LogP contribution >= 0.6 is 15.9 Å². The van der Waals surface area contributed by atoms with E-state index in [4.69, 9.17) is 9.47 Å². The molecule has 0 aliphatic carbocycles. The van der Waals surface area contributed by atoms with Crippen molar-refractivity contribution in [2.75, 3.05) is 13.2 Å². The number of benzene rings is 1. The van der Waals surface area contributed by atoms with Gasteiger partial charge in [-0.25, -0.2) is 9.18 Å². The van der Waals surface area contributed by atoms with Crippen molar-refractivity contribution in [2.45, 2.75) is 25.4 Å². The van der Waals surface area contributed by atoms with Crippen LogP contribution in [0.25, 0.3) is 0 Å². The third kappa shape index (κ3) is 2.57. The van der Waals surface area contributed by atoms with E-state index >= 15 is 0 Å². The summed E-state index contributed by atoms with van der Waals surface area (Å²) in [5.41, 5.74) is 2.27. The molecule has 0 amide bonds. The summed E-state index contributed by atoms with van der Waals surface area (Å²) in [4.78, 5) is 29.6. The van der Waals surface area contributed by atoms with Crippen LogP contribution in [0.4, 0.5) is 4.39 Å². The zero-order valence-corrected chi connectivity index (χ0v) is 15.0. The first-order valence-electron chi connectivity index (χ1n) is 8.09. The molecule has 3 heterocycles. The molecule has 0 radical (unpaired) electrons. The first kappa shape index (κ1) is 16.6. The number of ether oxygens (including phenoxy) is 2. The number of carbonyl (C=O) groups excluding carboxylic acids is 2. The summed E-state index contributed by atoms with van der Waals surface area (Å²) in [7, 11) is 0. The highest BCUT2D eigenvalue weighted by atomic mass is 79.9. The van der Waals surface area contributed by atoms with Crippen LogP contribution in [-0.4, -0.2) is 36.8 Å². The highest BCUT2D eigenvalue weighted by Crippen LogP contribution is 2.46. The average Bonchev–Trinajstić information content (AvgIpc) is 2.92. The highest BCUT2D eigenvalue weighted by Gasteiger charge is 2.49. The number of hydrogen-bond donors (Lipinski definition) is 0. The third-order valence-corrected chi connectivity index (χ3v) is 5.44. The van der Waals surface area contributed by atoms with Gasteiger partial charge in [-0.1, -0.05) is 13.0 Å². The Bertz CT molecular complexity index is 847. The minimum absolute atomic E-state index is 0.0165. The number of esters is 1. The van der Waals surface area contributed by atoms with Crippen molar-refractivity contribution in [3.63, 3.8) is 0 Å². The lowest BCUT2D eigenvalue weighted by Crippen LogP contribution is -2.43. The Morgan fingerprint density at radius 1 is 1.28 bits per heavy atom. The van der Waals surface area contributed by atoms with Crippen molar-refractivity contribution in [1.82, 2.24) is 0 Å². The summed E-state index contributed by atoms with van der Waals surface area (Å²) >= 11 is 3.18. The van der Waals surface area contributed by atoms with Crippen molar-refractivity contribution < 1.29 is 23.5 Å². The standard InChI is InChI=1S/C18H15BrFNO4/c1-2-13-17-16(18(23)25-13)14(8-3-4-10(20)9(19)5-8)15-11(21-17)6-24-7-12(15)22/h3-5,13-15H,2,6-7H2,1H3. The Labute approximate surface area is 152 Å². The fourth-order valence-corrected chi connectivity index (χ4v) is 4.11. The van der Waals surface area contributed by atoms with E-state index in [0.717, 1.165) is 0 Å².